The summed E-state index contributed by atoms with van der Waals surface area (Å²) in [6.07, 6.45) is 12.1. The molecule has 2 atom stereocenters. The van der Waals surface area contributed by atoms with E-state index in [1.54, 1.807) is 0 Å². The molecule has 362 valence electrons. The Balaban J connectivity index is 1.51. The first kappa shape index (κ1) is 53.6. The van der Waals surface area contributed by atoms with Crippen LogP contribution in [0.25, 0.3) is 0 Å². The van der Waals surface area contributed by atoms with Crippen LogP contribution in [0.4, 0.5) is 11.6 Å². The lowest BCUT2D eigenvalue weighted by Gasteiger charge is -2.25. The molecule has 65 heavy (non-hydrogen) atoms. The number of aromatic nitrogens is 2. The summed E-state index contributed by atoms with van der Waals surface area (Å²) in [5.41, 5.74) is 54.8. The molecule has 1 aromatic heterocycles. The Morgan fingerprint density at radius 1 is 0.708 bits per heavy atom. The summed E-state index contributed by atoms with van der Waals surface area (Å²) in [5, 5.41) is 8.26. The average Bonchev–Trinajstić information content (AvgIpc) is 3.26. The van der Waals surface area contributed by atoms with Crippen molar-refractivity contribution in [2.75, 3.05) is 70.4 Å². The van der Waals surface area contributed by atoms with Crippen molar-refractivity contribution in [2.24, 2.45) is 55.1 Å². The van der Waals surface area contributed by atoms with Gasteiger partial charge in [-0.05, 0) is 132 Å². The third-order valence-electron chi connectivity index (χ3n) is 10.8. The molecule has 1 aliphatic carbocycles. The predicted octanol–water partition coefficient (Wildman–Crippen LogP) is -0.524. The Kier molecular flexibility index (Phi) is 24.5. The van der Waals surface area contributed by atoms with Crippen molar-refractivity contribution < 1.29 is 19.1 Å². The van der Waals surface area contributed by atoms with Crippen LogP contribution in [-0.2, 0) is 28.9 Å². The van der Waals surface area contributed by atoms with E-state index in [2.05, 4.69) is 57.9 Å². The van der Waals surface area contributed by atoms with Crippen LogP contribution in [0, 0.1) is 0 Å². The molecule has 21 N–H and O–H groups in total. The van der Waals surface area contributed by atoms with Gasteiger partial charge in [-0.1, -0.05) is 17.7 Å². The van der Waals surface area contributed by atoms with Crippen LogP contribution in [0.5, 0.6) is 5.75 Å². The van der Waals surface area contributed by atoms with Gasteiger partial charge in [-0.25, -0.2) is 9.97 Å². The number of anilines is 2. The molecule has 0 saturated carbocycles. The molecule has 1 aliphatic rings. The highest BCUT2D eigenvalue weighted by Gasteiger charge is 2.20. The lowest BCUT2D eigenvalue weighted by molar-refractivity contribution is -0.123. The van der Waals surface area contributed by atoms with Gasteiger partial charge in [-0.2, -0.15) is 0 Å². The number of nitrogens with one attached hydrogen (secondary N) is 3. The third-order valence-corrected chi connectivity index (χ3v) is 11.0. The van der Waals surface area contributed by atoms with Crippen molar-refractivity contribution in [3.8, 4) is 5.75 Å². The van der Waals surface area contributed by atoms with E-state index in [0.717, 1.165) is 76.4 Å². The van der Waals surface area contributed by atoms with Crippen LogP contribution in [-0.4, -0.2) is 122 Å². The summed E-state index contributed by atoms with van der Waals surface area (Å²) in [6, 6.07) is 3.02. The molecule has 2 aromatic rings. The van der Waals surface area contributed by atoms with Gasteiger partial charge in [0.05, 0.1) is 12.1 Å². The van der Waals surface area contributed by atoms with Crippen molar-refractivity contribution in [2.45, 2.75) is 108 Å². The normalized spacial score (nSPS) is 13.3. The fourth-order valence-electron chi connectivity index (χ4n) is 7.27. The predicted molar refractivity (Wildman–Crippen MR) is 258 cm³/mol. The Bertz CT molecular complexity index is 1850. The maximum atomic E-state index is 12.7. The molecular formula is C42H73ClN18O4. The number of nitrogens with zero attached hydrogens (tertiary/aromatic N) is 6. The van der Waals surface area contributed by atoms with Crippen LogP contribution in [0.1, 0.15) is 104 Å². The minimum absolute atomic E-state index is 0.0481. The van der Waals surface area contributed by atoms with E-state index >= 15 is 0 Å². The molecule has 23 heteroatoms. The second kappa shape index (κ2) is 29.7. The van der Waals surface area contributed by atoms with Crippen molar-refractivity contribution in [1.82, 2.24) is 30.8 Å². The van der Waals surface area contributed by atoms with E-state index in [9.17, 15) is 14.4 Å². The number of amides is 3. The summed E-state index contributed by atoms with van der Waals surface area (Å²) in [7, 11) is 0. The highest BCUT2D eigenvalue weighted by Crippen LogP contribution is 2.33. The highest BCUT2D eigenvalue weighted by atomic mass is 35.5. The van der Waals surface area contributed by atoms with E-state index in [1.807, 2.05) is 0 Å². The number of hydrogen-bond donors (Lipinski definition) is 12. The van der Waals surface area contributed by atoms with Crippen LogP contribution >= 0.6 is 11.6 Å². The van der Waals surface area contributed by atoms with E-state index in [4.69, 9.17) is 67.9 Å². The fourth-order valence-corrected chi connectivity index (χ4v) is 7.40. The van der Waals surface area contributed by atoms with E-state index in [-0.39, 0.29) is 52.2 Å². The van der Waals surface area contributed by atoms with Gasteiger partial charge < -0.3 is 67.0 Å². The van der Waals surface area contributed by atoms with Crippen LogP contribution < -0.4 is 72.3 Å². The largest absolute Gasteiger partial charge is 0.492 e. The molecule has 1 heterocycles. The van der Waals surface area contributed by atoms with Gasteiger partial charge in [0.2, 0.25) is 11.8 Å². The Morgan fingerprint density at radius 3 is 1.85 bits per heavy atom. The SMILES string of the molecule is NC(N)=NCCCC[C@@H](N)C(=O)NCCCN(CCCNC(=O)[C@H](N)CCCCN=C(N)N)CCOc1ccc(CCCCN=C(N)NC(=O)c2nc(Cl)c(N)nc2N)c2c1CCCC2. The summed E-state index contributed by atoms with van der Waals surface area (Å²) < 4.78 is 6.48. The first-order valence-corrected chi connectivity index (χ1v) is 22.9. The van der Waals surface area contributed by atoms with Crippen molar-refractivity contribution >= 4 is 58.8 Å². The highest BCUT2D eigenvalue weighted by molar-refractivity contribution is 6.31. The van der Waals surface area contributed by atoms with Crippen LogP contribution in [0.2, 0.25) is 5.15 Å². The number of aryl methyl sites for hydroxylation is 1. The van der Waals surface area contributed by atoms with Crippen molar-refractivity contribution in [3.63, 3.8) is 0 Å². The number of nitrogens with two attached hydrogens (primary N) is 9. The number of halogens is 1. The second-order valence-electron chi connectivity index (χ2n) is 16.0. The molecule has 0 spiro atoms. The second-order valence-corrected chi connectivity index (χ2v) is 16.4. The Labute approximate surface area is 387 Å². The molecule has 1 aromatic carbocycles. The molecular weight excluding hydrogens is 856 g/mol. The molecule has 0 unspecified atom stereocenters. The molecule has 3 amide bonds. The maximum Gasteiger partial charge on any atom is 0.280 e. The van der Waals surface area contributed by atoms with Gasteiger partial charge in [-0.3, -0.25) is 39.6 Å². The molecule has 0 bridgehead atoms. The number of rotatable bonds is 30. The lowest BCUT2D eigenvalue weighted by Crippen LogP contribution is -2.42. The number of ether oxygens (including phenoxy) is 1. The number of unbranched alkanes of at least 4 members (excludes halogenated alkanes) is 3. The number of fused-ring (bicyclic) bond motifs is 1. The zero-order chi connectivity index (χ0) is 47.6. The third kappa shape index (κ3) is 20.8. The standard InChI is InChI=1S/C42H73ClN18O4/c43-34-36(47)59-35(46)33(58-34)39(64)60-42(52)57-20-6-3-11-27-16-17-32(29-13-2-1-12-28(27)29)65-26-25-61(23-9-21-53-37(62)30(44)14-4-7-18-55-40(48)49)24-10-22-54-38(63)31(45)15-5-8-19-56-41(50)51/h16-17,30-31H,1-15,18-26,44-45H2,(H,53,62)(H,54,63)(H4,46,47,59)(H4,48,49,55)(H4,50,51,56)(H3,52,57,60,64)/t30-,31-/m1/s1. The maximum absolute atomic E-state index is 12.7. The molecule has 3 rings (SSSR count). The van der Waals surface area contributed by atoms with Gasteiger partial charge in [0.1, 0.15) is 12.4 Å². The molecule has 0 fully saturated rings. The molecule has 0 aliphatic heterocycles. The minimum atomic E-state index is -0.682. The first-order valence-electron chi connectivity index (χ1n) is 22.5. The van der Waals surface area contributed by atoms with E-state index in [0.29, 0.717) is 84.6 Å². The Hall–Kier alpha value is -5.71. The number of carbonyl (C=O) groups is 3. The van der Waals surface area contributed by atoms with Gasteiger partial charge in [0.25, 0.3) is 5.91 Å². The zero-order valence-corrected chi connectivity index (χ0v) is 38.4. The molecule has 0 radical (unpaired) electrons. The van der Waals surface area contributed by atoms with Crippen LogP contribution in [0.3, 0.4) is 0 Å². The molecule has 0 saturated heterocycles. The summed E-state index contributed by atoms with van der Waals surface area (Å²) in [5.74, 6) is -0.355. The summed E-state index contributed by atoms with van der Waals surface area (Å²) in [6.45, 7) is 4.91. The zero-order valence-electron chi connectivity index (χ0n) is 37.7. The van der Waals surface area contributed by atoms with Gasteiger partial charge in [-0.15, -0.1) is 0 Å². The van der Waals surface area contributed by atoms with E-state index < -0.39 is 18.0 Å². The van der Waals surface area contributed by atoms with Gasteiger partial charge in [0, 0.05) is 39.3 Å². The first-order chi connectivity index (χ1) is 31.2. The van der Waals surface area contributed by atoms with Crippen molar-refractivity contribution in [1.29, 1.82) is 0 Å². The number of aliphatic imine (C=N–C) groups is 3. The van der Waals surface area contributed by atoms with Gasteiger partial charge >= 0.3 is 0 Å². The summed E-state index contributed by atoms with van der Waals surface area (Å²) >= 11 is 5.89. The van der Waals surface area contributed by atoms with Crippen molar-refractivity contribution in [3.05, 3.63) is 39.7 Å². The lowest BCUT2D eigenvalue weighted by atomic mass is 9.86. The summed E-state index contributed by atoms with van der Waals surface area (Å²) in [4.78, 5) is 60.0. The van der Waals surface area contributed by atoms with Gasteiger partial charge in [0.15, 0.2) is 40.4 Å². The number of carbonyl (C=O) groups excluding carboxylic acids is 3. The topological polar surface area (TPSA) is 397 Å². The quantitative estimate of drug-likeness (QED) is 0.0266. The Morgan fingerprint density at radius 2 is 1.26 bits per heavy atom. The number of hydrogen-bond acceptors (Lipinski definition) is 14. The van der Waals surface area contributed by atoms with E-state index in [1.165, 1.54) is 16.7 Å². The molecule has 22 nitrogen and oxygen atoms in total. The number of benzene rings is 1. The monoisotopic (exact) mass is 929 g/mol. The minimum Gasteiger partial charge on any atom is -0.492 e. The fraction of sp³-hybridized carbons (Fsp3) is 0.619. The average molecular weight is 930 g/mol. The number of nitrogen functional groups attached to an aromatic ring is 2. The van der Waals surface area contributed by atoms with Crippen LogP contribution in [0.15, 0.2) is 27.1 Å². The smallest absolute Gasteiger partial charge is 0.280 e. The number of guanidine groups is 3.